The van der Waals surface area contributed by atoms with E-state index in [2.05, 4.69) is 6.92 Å². The van der Waals surface area contributed by atoms with E-state index < -0.39 is 0 Å². The minimum Gasteiger partial charge on any atom is -0.463 e. The van der Waals surface area contributed by atoms with Crippen molar-refractivity contribution in [3.8, 4) is 11.3 Å². The van der Waals surface area contributed by atoms with Crippen LogP contribution in [-0.2, 0) is 11.3 Å². The second-order valence-electron chi connectivity index (χ2n) is 5.11. The molecule has 0 aromatic rings. The molecule has 0 fully saturated rings. The summed E-state index contributed by atoms with van der Waals surface area (Å²) in [4.78, 5) is 11.4. The van der Waals surface area contributed by atoms with Crippen LogP contribution >= 0.6 is 0 Å². The number of unbranched alkanes of at least 4 members (excludes halogenated alkanes) is 4. The van der Waals surface area contributed by atoms with Crippen LogP contribution < -0.4 is 5.63 Å². The van der Waals surface area contributed by atoms with Gasteiger partial charge in [0.2, 0.25) is 0 Å². The first-order chi connectivity index (χ1) is 9.72. The monoisotopic (exact) mass is 278 g/mol. The van der Waals surface area contributed by atoms with Crippen molar-refractivity contribution in [2.75, 3.05) is 6.61 Å². The van der Waals surface area contributed by atoms with E-state index in [1.54, 1.807) is 6.92 Å². The minimum atomic E-state index is -0.302. The zero-order chi connectivity index (χ0) is 14.4. The van der Waals surface area contributed by atoms with Crippen molar-refractivity contribution in [3.05, 3.63) is 34.1 Å². The Bertz CT molecular complexity index is 552. The second kappa shape index (κ2) is 7.29. The molecule has 0 radical (unpaired) electrons. The third kappa shape index (κ3) is 3.73. The predicted octanol–water partition coefficient (Wildman–Crippen LogP) is 4.13. The third-order valence-corrected chi connectivity index (χ3v) is 3.44. The first-order valence-electron chi connectivity index (χ1n) is 7.31. The highest BCUT2D eigenvalue weighted by Crippen LogP contribution is 2.25. The lowest BCUT2D eigenvalue weighted by atomic mass is 10.1. The van der Waals surface area contributed by atoms with Crippen molar-refractivity contribution in [1.29, 1.82) is 0 Å². The molecular formula is C16H22O4. The molecule has 2 heterocycles. The molecule has 110 valence electrons. The molecular weight excluding hydrogens is 256 g/mol. The molecule has 2 aliphatic heterocycles. The molecule has 0 saturated carbocycles. The first kappa shape index (κ1) is 14.9. The lowest BCUT2D eigenvalue weighted by Crippen LogP contribution is -1.97. The van der Waals surface area contributed by atoms with Gasteiger partial charge < -0.3 is 13.6 Å². The van der Waals surface area contributed by atoms with Gasteiger partial charge in [0.25, 0.3) is 0 Å². The molecule has 0 aromatic carbocycles. The van der Waals surface area contributed by atoms with E-state index >= 15 is 0 Å². The maximum absolute atomic E-state index is 11.4. The number of hydrogen-bond donors (Lipinski definition) is 0. The van der Waals surface area contributed by atoms with Gasteiger partial charge >= 0.3 is 5.63 Å². The Morgan fingerprint density at radius 2 is 2.00 bits per heavy atom. The van der Waals surface area contributed by atoms with Crippen LogP contribution in [0.3, 0.4) is 0 Å². The maximum Gasteiger partial charge on any atom is 0.339 e. The predicted molar refractivity (Wildman–Crippen MR) is 77.0 cm³/mol. The first-order valence-corrected chi connectivity index (χ1v) is 7.31. The molecule has 0 aliphatic carbocycles. The van der Waals surface area contributed by atoms with E-state index in [1.807, 2.05) is 6.07 Å². The van der Waals surface area contributed by atoms with Crippen molar-refractivity contribution >= 4 is 0 Å². The van der Waals surface area contributed by atoms with Crippen molar-refractivity contribution in [2.45, 2.75) is 52.6 Å². The zero-order valence-electron chi connectivity index (χ0n) is 12.2. The Morgan fingerprint density at radius 3 is 2.80 bits per heavy atom. The van der Waals surface area contributed by atoms with Crippen LogP contribution in [0, 0.1) is 6.92 Å². The van der Waals surface area contributed by atoms with Gasteiger partial charge in [-0.25, -0.2) is 4.79 Å². The molecule has 2 rings (SSSR count). The molecule has 0 spiro atoms. The summed E-state index contributed by atoms with van der Waals surface area (Å²) in [7, 11) is 0. The average Bonchev–Trinajstić information content (AvgIpc) is 2.73. The Kier molecular flexibility index (Phi) is 5.41. The van der Waals surface area contributed by atoms with E-state index in [0.717, 1.165) is 24.4 Å². The molecule has 0 atom stereocenters. The fourth-order valence-corrected chi connectivity index (χ4v) is 2.17. The van der Waals surface area contributed by atoms with Gasteiger partial charge in [0, 0.05) is 17.7 Å². The van der Waals surface area contributed by atoms with Gasteiger partial charge in [-0.05, 0) is 19.4 Å². The van der Waals surface area contributed by atoms with Crippen LogP contribution in [0.15, 0.2) is 26.0 Å². The third-order valence-electron chi connectivity index (χ3n) is 3.44. The number of rotatable bonds is 8. The van der Waals surface area contributed by atoms with Gasteiger partial charge in [0.05, 0.1) is 0 Å². The summed E-state index contributed by atoms with van der Waals surface area (Å²) in [5.74, 6) is 1.21. The quantitative estimate of drug-likeness (QED) is 0.681. The molecule has 0 unspecified atom stereocenters. The summed E-state index contributed by atoms with van der Waals surface area (Å²) in [5.41, 5.74) is 1.13. The standard InChI is InChI=1S/C16H22O4/c1-3-4-5-6-7-8-18-10-13-9-14-12(2)16(17)20-15(14)11-19-13/h9,11H,3-8,10H2,1-2H3. The van der Waals surface area contributed by atoms with Crippen LogP contribution in [0.25, 0.3) is 11.3 Å². The van der Waals surface area contributed by atoms with E-state index in [9.17, 15) is 4.79 Å². The highest BCUT2D eigenvalue weighted by atomic mass is 16.5. The fraction of sp³-hybridized carbons (Fsp3) is 0.562. The van der Waals surface area contributed by atoms with Gasteiger partial charge in [-0.15, -0.1) is 0 Å². The average molecular weight is 278 g/mol. The normalized spacial score (nSPS) is 11.3. The summed E-state index contributed by atoms with van der Waals surface area (Å²) >= 11 is 0. The van der Waals surface area contributed by atoms with Gasteiger partial charge in [-0.3, -0.25) is 0 Å². The SMILES string of the molecule is CCCCCCCOCc1cc2c(C)c(=O)oc-2co1. The molecule has 0 amide bonds. The zero-order valence-corrected chi connectivity index (χ0v) is 12.2. The van der Waals surface area contributed by atoms with Gasteiger partial charge in [0.15, 0.2) is 5.76 Å². The van der Waals surface area contributed by atoms with Crippen LogP contribution in [0.2, 0.25) is 0 Å². The van der Waals surface area contributed by atoms with Gasteiger partial charge in [0.1, 0.15) is 18.6 Å². The Morgan fingerprint density at radius 1 is 1.20 bits per heavy atom. The van der Waals surface area contributed by atoms with Crippen LogP contribution in [0.5, 0.6) is 0 Å². The molecule has 20 heavy (non-hydrogen) atoms. The van der Waals surface area contributed by atoms with Crippen LogP contribution in [0.4, 0.5) is 0 Å². The number of furan rings is 1. The maximum atomic E-state index is 11.4. The summed E-state index contributed by atoms with van der Waals surface area (Å²) in [6, 6.07) is 1.83. The molecule has 0 bridgehead atoms. The molecule has 0 N–H and O–H groups in total. The van der Waals surface area contributed by atoms with Crippen molar-refractivity contribution in [3.63, 3.8) is 0 Å². The van der Waals surface area contributed by atoms with E-state index in [-0.39, 0.29) is 5.63 Å². The lowest BCUT2D eigenvalue weighted by Gasteiger charge is -2.05. The summed E-state index contributed by atoms with van der Waals surface area (Å²) in [6.07, 6.45) is 7.59. The smallest absolute Gasteiger partial charge is 0.339 e. The van der Waals surface area contributed by atoms with E-state index in [1.165, 1.54) is 31.9 Å². The minimum absolute atomic E-state index is 0.302. The Hall–Kier alpha value is -1.55. The highest BCUT2D eigenvalue weighted by molar-refractivity contribution is 5.61. The fourth-order valence-electron chi connectivity index (χ4n) is 2.17. The molecule has 0 saturated heterocycles. The summed E-state index contributed by atoms with van der Waals surface area (Å²) < 4.78 is 16.0. The largest absolute Gasteiger partial charge is 0.463 e. The summed E-state index contributed by atoms with van der Waals surface area (Å²) in [6.45, 7) is 5.14. The molecule has 2 aliphatic rings. The Labute approximate surface area is 119 Å². The van der Waals surface area contributed by atoms with E-state index in [0.29, 0.717) is 17.9 Å². The van der Waals surface area contributed by atoms with E-state index in [4.69, 9.17) is 13.6 Å². The number of fused-ring (bicyclic) bond motifs is 1. The lowest BCUT2D eigenvalue weighted by molar-refractivity contribution is 0.101. The molecule has 4 heteroatoms. The second-order valence-corrected chi connectivity index (χ2v) is 5.11. The number of hydrogen-bond acceptors (Lipinski definition) is 4. The van der Waals surface area contributed by atoms with Gasteiger partial charge in [-0.1, -0.05) is 32.6 Å². The van der Waals surface area contributed by atoms with Crippen molar-refractivity contribution in [1.82, 2.24) is 0 Å². The summed E-state index contributed by atoms with van der Waals surface area (Å²) in [5, 5.41) is 0. The topological polar surface area (TPSA) is 52.6 Å². The number of ether oxygens (including phenoxy) is 1. The van der Waals surface area contributed by atoms with Crippen molar-refractivity contribution in [2.24, 2.45) is 0 Å². The molecule has 4 nitrogen and oxygen atoms in total. The highest BCUT2D eigenvalue weighted by Gasteiger charge is 2.15. The molecule has 0 aromatic heterocycles. The van der Waals surface area contributed by atoms with Crippen LogP contribution in [-0.4, -0.2) is 6.61 Å². The van der Waals surface area contributed by atoms with Crippen molar-refractivity contribution < 1.29 is 13.6 Å². The van der Waals surface area contributed by atoms with Crippen LogP contribution in [0.1, 0.15) is 50.4 Å². The Balaban J connectivity index is 1.81. The van der Waals surface area contributed by atoms with Gasteiger partial charge in [-0.2, -0.15) is 0 Å².